The van der Waals surface area contributed by atoms with Crippen molar-refractivity contribution in [3.63, 3.8) is 0 Å². The summed E-state index contributed by atoms with van der Waals surface area (Å²) in [5.74, 6) is -0.264. The smallest absolute Gasteiger partial charge is 0.252 e. The lowest BCUT2D eigenvalue weighted by molar-refractivity contribution is -0.121. The maximum absolute atomic E-state index is 13.1. The lowest BCUT2D eigenvalue weighted by Gasteiger charge is -2.30. The summed E-state index contributed by atoms with van der Waals surface area (Å²) in [6.45, 7) is 6.21. The number of piperidine rings is 1. The Labute approximate surface area is 188 Å². The van der Waals surface area contributed by atoms with E-state index in [0.29, 0.717) is 6.54 Å². The van der Waals surface area contributed by atoms with Crippen molar-refractivity contribution in [1.29, 1.82) is 0 Å². The molecule has 1 fully saturated rings. The zero-order chi connectivity index (χ0) is 22.2. The van der Waals surface area contributed by atoms with Crippen LogP contribution in [0, 0.1) is 11.7 Å². The van der Waals surface area contributed by atoms with Crippen LogP contribution < -0.4 is 10.6 Å². The molecular weight excluding hydrogens is 417 g/mol. The molecule has 2 aromatic rings. The van der Waals surface area contributed by atoms with E-state index >= 15 is 0 Å². The highest BCUT2D eigenvalue weighted by Gasteiger charge is 2.15. The number of nitrogens with one attached hydrogen (secondary N) is 2. The third kappa shape index (κ3) is 7.33. The minimum atomic E-state index is -0.505. The Morgan fingerprint density at radius 2 is 1.74 bits per heavy atom. The summed E-state index contributed by atoms with van der Waals surface area (Å²) >= 11 is 5.87. The quantitative estimate of drug-likeness (QED) is 0.641. The number of nitrogens with zero attached hydrogens (tertiary/aromatic N) is 1. The van der Waals surface area contributed by atoms with E-state index in [1.165, 1.54) is 30.5 Å². The minimum absolute atomic E-state index is 0.0419. The molecule has 0 atom stereocenters. The van der Waals surface area contributed by atoms with Gasteiger partial charge in [0.05, 0.1) is 10.6 Å². The molecule has 0 bridgehead atoms. The minimum Gasteiger partial charge on any atom is -0.352 e. The largest absolute Gasteiger partial charge is 0.352 e. The molecule has 2 amide bonds. The highest BCUT2D eigenvalue weighted by Crippen LogP contribution is 2.18. The average Bonchev–Trinajstić information content (AvgIpc) is 2.75. The van der Waals surface area contributed by atoms with E-state index < -0.39 is 11.7 Å². The number of halogens is 2. The van der Waals surface area contributed by atoms with E-state index in [1.54, 1.807) is 0 Å². The lowest BCUT2D eigenvalue weighted by Crippen LogP contribution is -2.32. The van der Waals surface area contributed by atoms with Gasteiger partial charge in [-0.1, -0.05) is 42.8 Å². The number of benzene rings is 2. The van der Waals surface area contributed by atoms with Crippen molar-refractivity contribution < 1.29 is 14.0 Å². The van der Waals surface area contributed by atoms with Gasteiger partial charge >= 0.3 is 0 Å². The van der Waals surface area contributed by atoms with Crippen LogP contribution >= 0.6 is 11.6 Å². The van der Waals surface area contributed by atoms with Crippen molar-refractivity contribution in [3.8, 4) is 0 Å². The van der Waals surface area contributed by atoms with Crippen LogP contribution in [0.2, 0.25) is 5.02 Å². The Kier molecular flexibility index (Phi) is 8.43. The molecule has 166 valence electrons. The highest BCUT2D eigenvalue weighted by atomic mass is 35.5. The summed E-state index contributed by atoms with van der Waals surface area (Å²) in [5, 5.41) is 5.53. The van der Waals surface area contributed by atoms with Gasteiger partial charge in [-0.05, 0) is 61.2 Å². The number of likely N-dealkylation sites (tertiary alicyclic amines) is 1. The van der Waals surface area contributed by atoms with Crippen molar-refractivity contribution in [2.75, 3.05) is 19.6 Å². The summed E-state index contributed by atoms with van der Waals surface area (Å²) in [7, 11) is 0. The monoisotopic (exact) mass is 445 g/mol. The normalized spacial score (nSPS) is 14.9. The fourth-order valence-corrected chi connectivity index (χ4v) is 3.84. The Balaban J connectivity index is 1.36. The molecule has 31 heavy (non-hydrogen) atoms. The van der Waals surface area contributed by atoms with Crippen LogP contribution in [0.3, 0.4) is 0 Å². The number of rotatable bonds is 8. The first-order chi connectivity index (χ1) is 14.9. The maximum Gasteiger partial charge on any atom is 0.252 e. The molecule has 1 saturated heterocycles. The van der Waals surface area contributed by atoms with Crippen LogP contribution in [-0.2, 0) is 17.9 Å². The Bertz CT molecular complexity index is 896. The van der Waals surface area contributed by atoms with Crippen LogP contribution in [0.15, 0.2) is 42.5 Å². The first kappa shape index (κ1) is 23.2. The molecule has 1 heterocycles. The summed E-state index contributed by atoms with van der Waals surface area (Å²) in [4.78, 5) is 26.6. The molecule has 2 aromatic carbocycles. The molecule has 0 radical (unpaired) electrons. The molecule has 0 saturated carbocycles. The van der Waals surface area contributed by atoms with Crippen LogP contribution in [-0.4, -0.2) is 36.3 Å². The van der Waals surface area contributed by atoms with Gasteiger partial charge in [0.15, 0.2) is 0 Å². The van der Waals surface area contributed by atoms with Gasteiger partial charge in [0.2, 0.25) is 5.91 Å². The van der Waals surface area contributed by atoms with E-state index in [9.17, 15) is 14.0 Å². The molecule has 2 N–H and O–H groups in total. The Morgan fingerprint density at radius 3 is 2.42 bits per heavy atom. The average molecular weight is 446 g/mol. The van der Waals surface area contributed by atoms with Gasteiger partial charge in [0.1, 0.15) is 5.82 Å². The first-order valence-electron chi connectivity index (χ1n) is 10.7. The molecular formula is C24H29ClFN3O2. The van der Waals surface area contributed by atoms with Crippen LogP contribution in [0.5, 0.6) is 0 Å². The van der Waals surface area contributed by atoms with Crippen LogP contribution in [0.4, 0.5) is 4.39 Å². The van der Waals surface area contributed by atoms with Gasteiger partial charge in [-0.15, -0.1) is 0 Å². The van der Waals surface area contributed by atoms with Gasteiger partial charge in [0, 0.05) is 26.1 Å². The number of hydrogen-bond acceptors (Lipinski definition) is 3. The second-order valence-corrected chi connectivity index (χ2v) is 8.59. The van der Waals surface area contributed by atoms with Gasteiger partial charge in [-0.3, -0.25) is 14.5 Å². The van der Waals surface area contributed by atoms with Crippen molar-refractivity contribution in [1.82, 2.24) is 15.5 Å². The standard InChI is InChI=1S/C24H29ClFN3O2/c1-17-9-12-29(13-10-17)16-19-4-2-18(3-5-19)15-28-23(30)8-11-27-24(31)21-7-6-20(26)14-22(21)25/h2-7,14,17H,8-13,15-16H2,1H3,(H,27,31)(H,28,30). The van der Waals surface area contributed by atoms with Gasteiger partial charge in [-0.2, -0.15) is 0 Å². The van der Waals surface area contributed by atoms with E-state index in [2.05, 4.69) is 34.6 Å². The molecule has 0 aromatic heterocycles. The predicted octanol–water partition coefficient (Wildman–Crippen LogP) is 4.15. The maximum atomic E-state index is 13.1. The van der Waals surface area contributed by atoms with Crippen LogP contribution in [0.1, 0.15) is 47.7 Å². The van der Waals surface area contributed by atoms with Gasteiger partial charge in [-0.25, -0.2) is 4.39 Å². The van der Waals surface area contributed by atoms with Crippen molar-refractivity contribution in [2.24, 2.45) is 5.92 Å². The van der Waals surface area contributed by atoms with E-state index in [1.807, 2.05) is 12.1 Å². The second-order valence-electron chi connectivity index (χ2n) is 8.18. The van der Waals surface area contributed by atoms with Gasteiger partial charge in [0.25, 0.3) is 5.91 Å². The first-order valence-corrected chi connectivity index (χ1v) is 11.1. The number of amides is 2. The van der Waals surface area contributed by atoms with E-state index in [0.717, 1.165) is 37.2 Å². The highest BCUT2D eigenvalue weighted by molar-refractivity contribution is 6.33. The third-order valence-corrected chi connectivity index (χ3v) is 5.92. The molecule has 0 aliphatic carbocycles. The Morgan fingerprint density at radius 1 is 1.06 bits per heavy atom. The summed E-state index contributed by atoms with van der Waals surface area (Å²) in [5.41, 5.74) is 2.50. The van der Waals surface area contributed by atoms with E-state index in [-0.39, 0.29) is 29.5 Å². The van der Waals surface area contributed by atoms with Gasteiger partial charge < -0.3 is 10.6 Å². The van der Waals surface area contributed by atoms with Crippen molar-refractivity contribution >= 4 is 23.4 Å². The van der Waals surface area contributed by atoms with E-state index in [4.69, 9.17) is 11.6 Å². The Hall–Kier alpha value is -2.44. The second kappa shape index (κ2) is 11.3. The molecule has 1 aliphatic heterocycles. The topological polar surface area (TPSA) is 61.4 Å². The summed E-state index contributed by atoms with van der Waals surface area (Å²) in [6.07, 6.45) is 2.68. The molecule has 7 heteroatoms. The number of hydrogen-bond donors (Lipinski definition) is 2. The summed E-state index contributed by atoms with van der Waals surface area (Å²) in [6, 6.07) is 11.9. The zero-order valence-corrected chi connectivity index (χ0v) is 18.6. The molecule has 0 spiro atoms. The van der Waals surface area contributed by atoms with Crippen LogP contribution in [0.25, 0.3) is 0 Å². The lowest BCUT2D eigenvalue weighted by atomic mass is 9.99. The third-order valence-electron chi connectivity index (χ3n) is 5.61. The summed E-state index contributed by atoms with van der Waals surface area (Å²) < 4.78 is 13.1. The molecule has 3 rings (SSSR count). The fraction of sp³-hybridized carbons (Fsp3) is 0.417. The van der Waals surface area contributed by atoms with Crippen molar-refractivity contribution in [2.45, 2.75) is 39.3 Å². The predicted molar refractivity (Wildman–Crippen MR) is 120 cm³/mol. The van der Waals surface area contributed by atoms with Crippen molar-refractivity contribution in [3.05, 3.63) is 70.0 Å². The molecule has 0 unspecified atom stereocenters. The molecule has 5 nitrogen and oxygen atoms in total. The number of carbonyl (C=O) groups is 2. The number of carbonyl (C=O) groups excluding carboxylic acids is 2. The molecule has 1 aliphatic rings. The zero-order valence-electron chi connectivity index (χ0n) is 17.8. The fourth-order valence-electron chi connectivity index (χ4n) is 3.59. The SMILES string of the molecule is CC1CCN(Cc2ccc(CNC(=O)CCNC(=O)c3ccc(F)cc3Cl)cc2)CC1.